The molecule has 1 atom stereocenters. The Morgan fingerprint density at radius 1 is 1.35 bits per heavy atom. The molecular formula is C14H18N4O2. The molecule has 0 aliphatic carbocycles. The quantitative estimate of drug-likeness (QED) is 0.895. The maximum Gasteiger partial charge on any atom is 0.308 e. The first-order chi connectivity index (χ1) is 9.47. The van der Waals surface area contributed by atoms with Crippen LogP contribution in [0.4, 0.5) is 0 Å². The van der Waals surface area contributed by atoms with Gasteiger partial charge in [0.15, 0.2) is 5.82 Å². The lowest BCUT2D eigenvalue weighted by Gasteiger charge is -2.09. The van der Waals surface area contributed by atoms with E-state index >= 15 is 0 Å². The number of aliphatic carboxylic acids is 1. The molecule has 0 aliphatic rings. The molecule has 0 fully saturated rings. The summed E-state index contributed by atoms with van der Waals surface area (Å²) in [5.41, 5.74) is 3.58. The van der Waals surface area contributed by atoms with Gasteiger partial charge in [-0.25, -0.2) is 4.68 Å². The Balaban J connectivity index is 2.16. The van der Waals surface area contributed by atoms with Gasteiger partial charge >= 0.3 is 5.97 Å². The van der Waals surface area contributed by atoms with Gasteiger partial charge in [0.2, 0.25) is 0 Å². The number of rotatable bonds is 5. The van der Waals surface area contributed by atoms with Crippen LogP contribution in [0, 0.1) is 19.8 Å². The molecule has 1 N–H and O–H groups in total. The number of carbonyl (C=O) groups is 1. The second kappa shape index (κ2) is 5.81. The van der Waals surface area contributed by atoms with Gasteiger partial charge in [-0.15, -0.1) is 5.10 Å². The Morgan fingerprint density at radius 3 is 2.75 bits per heavy atom. The minimum atomic E-state index is -0.849. The molecule has 2 aromatic rings. The summed E-state index contributed by atoms with van der Waals surface area (Å²) >= 11 is 0. The summed E-state index contributed by atoms with van der Waals surface area (Å²) in [5.74, 6) is -0.684. The topological polar surface area (TPSA) is 80.9 Å². The van der Waals surface area contributed by atoms with Crippen molar-refractivity contribution in [2.24, 2.45) is 5.92 Å². The molecule has 20 heavy (non-hydrogen) atoms. The van der Waals surface area contributed by atoms with Crippen LogP contribution >= 0.6 is 0 Å². The molecule has 0 aliphatic heterocycles. The standard InChI is InChI=1S/C14H18N4O2/c1-9-4-5-12(6-10(9)2)7-13-15-16-17-18(13)8-11(3)14(19)20/h4-6,11H,7-8H2,1-3H3,(H,19,20). The van der Waals surface area contributed by atoms with Crippen LogP contribution in [0.15, 0.2) is 18.2 Å². The van der Waals surface area contributed by atoms with Gasteiger partial charge in [-0.05, 0) is 41.0 Å². The summed E-state index contributed by atoms with van der Waals surface area (Å²) in [6.07, 6.45) is 0.598. The first-order valence-electron chi connectivity index (χ1n) is 6.51. The molecule has 6 nitrogen and oxygen atoms in total. The summed E-state index contributed by atoms with van der Waals surface area (Å²) in [4.78, 5) is 10.9. The van der Waals surface area contributed by atoms with E-state index in [1.807, 2.05) is 6.07 Å². The molecule has 1 unspecified atom stereocenters. The van der Waals surface area contributed by atoms with Crippen molar-refractivity contribution in [3.63, 3.8) is 0 Å². The summed E-state index contributed by atoms with van der Waals surface area (Å²) in [6.45, 7) is 6.05. The first-order valence-corrected chi connectivity index (χ1v) is 6.51. The number of tetrazole rings is 1. The number of hydrogen-bond acceptors (Lipinski definition) is 4. The average Bonchev–Trinajstić information content (AvgIpc) is 2.81. The van der Waals surface area contributed by atoms with Crippen LogP contribution < -0.4 is 0 Å². The van der Waals surface area contributed by atoms with E-state index < -0.39 is 11.9 Å². The summed E-state index contributed by atoms with van der Waals surface area (Å²) < 4.78 is 1.56. The summed E-state index contributed by atoms with van der Waals surface area (Å²) in [5, 5.41) is 20.4. The Hall–Kier alpha value is -2.24. The molecule has 0 radical (unpaired) electrons. The predicted octanol–water partition coefficient (Wildman–Crippen LogP) is 1.60. The Morgan fingerprint density at radius 2 is 2.10 bits per heavy atom. The monoisotopic (exact) mass is 274 g/mol. The van der Waals surface area contributed by atoms with Gasteiger partial charge in [-0.3, -0.25) is 4.79 Å². The number of carboxylic acid groups (broad SMARTS) is 1. The fourth-order valence-electron chi connectivity index (χ4n) is 1.93. The van der Waals surface area contributed by atoms with Gasteiger partial charge < -0.3 is 5.11 Å². The highest BCUT2D eigenvalue weighted by molar-refractivity contribution is 5.69. The lowest BCUT2D eigenvalue weighted by molar-refractivity contribution is -0.141. The zero-order valence-electron chi connectivity index (χ0n) is 11.9. The summed E-state index contributed by atoms with van der Waals surface area (Å²) in [7, 11) is 0. The molecule has 106 valence electrons. The van der Waals surface area contributed by atoms with Crippen molar-refractivity contribution >= 4 is 5.97 Å². The highest BCUT2D eigenvalue weighted by Crippen LogP contribution is 2.13. The van der Waals surface area contributed by atoms with E-state index in [9.17, 15) is 4.79 Å². The Kier molecular flexibility index (Phi) is 4.12. The van der Waals surface area contributed by atoms with E-state index in [-0.39, 0.29) is 6.54 Å². The minimum absolute atomic E-state index is 0.280. The third kappa shape index (κ3) is 3.20. The lowest BCUT2D eigenvalue weighted by atomic mass is 10.0. The van der Waals surface area contributed by atoms with Crippen molar-refractivity contribution in [2.75, 3.05) is 0 Å². The van der Waals surface area contributed by atoms with Crippen molar-refractivity contribution in [1.29, 1.82) is 0 Å². The molecule has 2 rings (SSSR count). The fraction of sp³-hybridized carbons (Fsp3) is 0.429. The van der Waals surface area contributed by atoms with Crippen LogP contribution in [0.1, 0.15) is 29.4 Å². The van der Waals surface area contributed by atoms with E-state index in [0.717, 1.165) is 5.56 Å². The highest BCUT2D eigenvalue weighted by atomic mass is 16.4. The lowest BCUT2D eigenvalue weighted by Crippen LogP contribution is -2.19. The predicted molar refractivity (Wildman–Crippen MR) is 73.3 cm³/mol. The fourth-order valence-corrected chi connectivity index (χ4v) is 1.93. The van der Waals surface area contributed by atoms with Crippen LogP contribution in [0.5, 0.6) is 0 Å². The van der Waals surface area contributed by atoms with Crippen LogP contribution in [0.3, 0.4) is 0 Å². The van der Waals surface area contributed by atoms with Crippen LogP contribution in [0.25, 0.3) is 0 Å². The largest absolute Gasteiger partial charge is 0.481 e. The number of nitrogens with zero attached hydrogens (tertiary/aromatic N) is 4. The molecule has 6 heteroatoms. The van der Waals surface area contributed by atoms with Crippen LogP contribution in [-0.2, 0) is 17.8 Å². The van der Waals surface area contributed by atoms with E-state index in [2.05, 4.69) is 41.5 Å². The van der Waals surface area contributed by atoms with Crippen molar-refractivity contribution in [2.45, 2.75) is 33.7 Å². The number of carboxylic acids is 1. The summed E-state index contributed by atoms with van der Waals surface area (Å²) in [6, 6.07) is 6.22. The molecule has 0 bridgehead atoms. The number of hydrogen-bond donors (Lipinski definition) is 1. The molecule has 0 spiro atoms. The third-order valence-corrected chi connectivity index (χ3v) is 3.41. The van der Waals surface area contributed by atoms with Crippen molar-refractivity contribution in [1.82, 2.24) is 20.2 Å². The van der Waals surface area contributed by atoms with Crippen LogP contribution in [0.2, 0.25) is 0 Å². The van der Waals surface area contributed by atoms with Gasteiger partial charge in [0.1, 0.15) is 0 Å². The molecular weight excluding hydrogens is 256 g/mol. The zero-order chi connectivity index (χ0) is 14.7. The molecule has 1 aromatic heterocycles. The van der Waals surface area contributed by atoms with Gasteiger partial charge in [-0.2, -0.15) is 0 Å². The molecule has 1 aromatic carbocycles. The maximum absolute atomic E-state index is 10.9. The van der Waals surface area contributed by atoms with Crippen molar-refractivity contribution in [3.8, 4) is 0 Å². The smallest absolute Gasteiger partial charge is 0.308 e. The molecule has 0 saturated carbocycles. The zero-order valence-corrected chi connectivity index (χ0v) is 11.9. The average molecular weight is 274 g/mol. The first kappa shape index (κ1) is 14.2. The second-order valence-corrected chi connectivity index (χ2v) is 5.11. The molecule has 1 heterocycles. The van der Waals surface area contributed by atoms with E-state index in [1.54, 1.807) is 11.6 Å². The minimum Gasteiger partial charge on any atom is -0.481 e. The van der Waals surface area contributed by atoms with Crippen LogP contribution in [-0.4, -0.2) is 31.3 Å². The van der Waals surface area contributed by atoms with Gasteiger partial charge in [0.25, 0.3) is 0 Å². The maximum atomic E-state index is 10.9. The number of aromatic nitrogens is 4. The van der Waals surface area contributed by atoms with Gasteiger partial charge in [0.05, 0.1) is 12.5 Å². The third-order valence-electron chi connectivity index (χ3n) is 3.41. The number of aryl methyl sites for hydroxylation is 2. The van der Waals surface area contributed by atoms with Crippen molar-refractivity contribution < 1.29 is 9.90 Å². The van der Waals surface area contributed by atoms with E-state index in [0.29, 0.717) is 12.2 Å². The van der Waals surface area contributed by atoms with Gasteiger partial charge in [0, 0.05) is 6.42 Å². The van der Waals surface area contributed by atoms with Crippen molar-refractivity contribution in [3.05, 3.63) is 40.7 Å². The molecule has 0 saturated heterocycles. The second-order valence-electron chi connectivity index (χ2n) is 5.11. The normalized spacial score (nSPS) is 12.3. The SMILES string of the molecule is Cc1ccc(Cc2nnnn2CC(C)C(=O)O)cc1C. The van der Waals surface area contributed by atoms with E-state index in [1.165, 1.54) is 11.1 Å². The Bertz CT molecular complexity index is 621. The Labute approximate surface area is 117 Å². The van der Waals surface area contributed by atoms with Gasteiger partial charge in [-0.1, -0.05) is 25.1 Å². The molecule has 0 amide bonds. The van der Waals surface area contributed by atoms with E-state index in [4.69, 9.17) is 5.11 Å². The highest BCUT2D eigenvalue weighted by Gasteiger charge is 2.15. The number of benzene rings is 1.